The van der Waals surface area contributed by atoms with Crippen molar-refractivity contribution in [1.29, 1.82) is 0 Å². The van der Waals surface area contributed by atoms with Gasteiger partial charge >= 0.3 is 0 Å². The molecule has 3 heterocycles. The van der Waals surface area contributed by atoms with Gasteiger partial charge in [-0.05, 0) is 46.0 Å². The van der Waals surface area contributed by atoms with Gasteiger partial charge in [0.15, 0.2) is 5.82 Å². The van der Waals surface area contributed by atoms with Crippen LogP contribution in [0.25, 0.3) is 78.2 Å². The highest BCUT2D eigenvalue weighted by Gasteiger charge is 2.13. The van der Waals surface area contributed by atoms with Gasteiger partial charge in [-0.3, -0.25) is 9.97 Å². The first-order chi connectivity index (χ1) is 22.8. The Morgan fingerprint density at radius 2 is 0.913 bits per heavy atom. The third-order valence-corrected chi connectivity index (χ3v) is 8.28. The first-order valence-electron chi connectivity index (χ1n) is 15.3. The minimum Gasteiger partial charge on any atom is -0.264 e. The highest BCUT2D eigenvalue weighted by atomic mass is 14.9. The lowest BCUT2D eigenvalue weighted by atomic mass is 9.99. The Bertz CT molecular complexity index is 2160. The molecule has 0 aliphatic heterocycles. The molecule has 8 rings (SSSR count). The van der Waals surface area contributed by atoms with E-state index in [1.54, 1.807) is 6.20 Å². The van der Waals surface area contributed by atoms with Crippen molar-refractivity contribution >= 4 is 10.9 Å². The summed E-state index contributed by atoms with van der Waals surface area (Å²) in [7, 11) is 0. The van der Waals surface area contributed by atoms with E-state index in [1.807, 2.05) is 30.6 Å². The molecular weight excluding hydrogens is 560 g/mol. The van der Waals surface area contributed by atoms with Crippen LogP contribution in [0.5, 0.6) is 0 Å². The molecule has 216 valence electrons. The van der Waals surface area contributed by atoms with Crippen molar-refractivity contribution in [2.75, 3.05) is 0 Å². The van der Waals surface area contributed by atoms with Crippen LogP contribution >= 0.6 is 0 Å². The Morgan fingerprint density at radius 1 is 0.370 bits per heavy atom. The minimum atomic E-state index is 0.686. The molecule has 0 bridgehead atoms. The molecule has 8 aromatic rings. The third-order valence-electron chi connectivity index (χ3n) is 8.28. The predicted molar refractivity (Wildman–Crippen MR) is 188 cm³/mol. The molecule has 0 aliphatic carbocycles. The first-order valence-corrected chi connectivity index (χ1v) is 15.3. The van der Waals surface area contributed by atoms with Gasteiger partial charge in [-0.1, -0.05) is 133 Å². The van der Waals surface area contributed by atoms with E-state index >= 15 is 0 Å². The molecule has 0 aliphatic rings. The zero-order valence-electron chi connectivity index (χ0n) is 25.0. The van der Waals surface area contributed by atoms with Crippen LogP contribution in [0.4, 0.5) is 0 Å². The highest BCUT2D eigenvalue weighted by molar-refractivity contribution is 5.93. The lowest BCUT2D eigenvalue weighted by Gasteiger charge is -2.11. The average molecular weight is 589 g/mol. The number of pyridine rings is 2. The molecule has 0 N–H and O–H groups in total. The molecule has 4 nitrogen and oxygen atoms in total. The van der Waals surface area contributed by atoms with Crippen LogP contribution in [-0.2, 0) is 0 Å². The fourth-order valence-corrected chi connectivity index (χ4v) is 5.84. The van der Waals surface area contributed by atoms with E-state index < -0.39 is 0 Å². The quantitative estimate of drug-likeness (QED) is 0.194. The second kappa shape index (κ2) is 12.0. The van der Waals surface area contributed by atoms with Crippen LogP contribution in [0.3, 0.4) is 0 Å². The van der Waals surface area contributed by atoms with E-state index in [4.69, 9.17) is 9.97 Å². The highest BCUT2D eigenvalue weighted by Crippen LogP contribution is 2.32. The van der Waals surface area contributed by atoms with E-state index in [0.717, 1.165) is 66.8 Å². The fourth-order valence-electron chi connectivity index (χ4n) is 5.84. The van der Waals surface area contributed by atoms with Crippen LogP contribution in [0.1, 0.15) is 0 Å². The molecule has 0 radical (unpaired) electrons. The second-order valence-corrected chi connectivity index (χ2v) is 11.2. The summed E-state index contributed by atoms with van der Waals surface area (Å²) < 4.78 is 0. The van der Waals surface area contributed by atoms with Gasteiger partial charge in [-0.25, -0.2) is 9.97 Å². The van der Waals surface area contributed by atoms with Gasteiger partial charge in [0.1, 0.15) is 0 Å². The van der Waals surface area contributed by atoms with Gasteiger partial charge in [0.2, 0.25) is 0 Å². The standard InChI is InChI=1S/C42H28N4/c1-2-7-29(8-3-1)30-15-23-36(24-16-30)42-45-39(33-19-13-31(14-20-33)37-11-5-25-43-28-37)27-40(46-42)34-21-17-32(18-22-34)38-12-4-9-35-10-6-26-44-41(35)38/h1-28H. The number of rotatable bonds is 6. The van der Waals surface area contributed by atoms with E-state index in [2.05, 4.69) is 143 Å². The van der Waals surface area contributed by atoms with Crippen molar-refractivity contribution in [2.45, 2.75) is 0 Å². The average Bonchev–Trinajstić information content (AvgIpc) is 3.15. The van der Waals surface area contributed by atoms with Crippen molar-refractivity contribution in [3.05, 3.63) is 170 Å². The zero-order chi connectivity index (χ0) is 30.7. The predicted octanol–water partition coefficient (Wildman–Crippen LogP) is 10.4. The lowest BCUT2D eigenvalue weighted by Crippen LogP contribution is -1.96. The molecule has 0 unspecified atom stereocenters. The topological polar surface area (TPSA) is 51.6 Å². The van der Waals surface area contributed by atoms with Crippen LogP contribution in [0.15, 0.2) is 170 Å². The van der Waals surface area contributed by atoms with Crippen molar-refractivity contribution in [3.8, 4) is 67.3 Å². The summed E-state index contributed by atoms with van der Waals surface area (Å²) in [4.78, 5) is 19.1. The number of para-hydroxylation sites is 1. The molecule has 0 atom stereocenters. The van der Waals surface area contributed by atoms with Crippen LogP contribution < -0.4 is 0 Å². The van der Waals surface area contributed by atoms with Gasteiger partial charge < -0.3 is 0 Å². The Labute approximate surface area is 267 Å². The summed E-state index contributed by atoms with van der Waals surface area (Å²) in [5.41, 5.74) is 12.5. The van der Waals surface area contributed by atoms with Gasteiger partial charge in [0, 0.05) is 46.2 Å². The molecule has 0 saturated carbocycles. The van der Waals surface area contributed by atoms with Gasteiger partial charge in [0.05, 0.1) is 16.9 Å². The van der Waals surface area contributed by atoms with Crippen molar-refractivity contribution < 1.29 is 0 Å². The molecule has 0 saturated heterocycles. The van der Waals surface area contributed by atoms with Crippen molar-refractivity contribution in [2.24, 2.45) is 0 Å². The van der Waals surface area contributed by atoms with E-state index in [1.165, 1.54) is 5.56 Å². The van der Waals surface area contributed by atoms with E-state index in [-0.39, 0.29) is 0 Å². The Kier molecular flexibility index (Phi) is 7.14. The van der Waals surface area contributed by atoms with Crippen LogP contribution in [0, 0.1) is 0 Å². The largest absolute Gasteiger partial charge is 0.264 e. The molecule has 46 heavy (non-hydrogen) atoms. The number of fused-ring (bicyclic) bond motifs is 1. The molecule has 3 aromatic heterocycles. The normalized spacial score (nSPS) is 11.0. The third kappa shape index (κ3) is 5.44. The smallest absolute Gasteiger partial charge is 0.160 e. The summed E-state index contributed by atoms with van der Waals surface area (Å²) in [5, 5.41) is 1.13. The fraction of sp³-hybridized carbons (Fsp3) is 0. The van der Waals surface area contributed by atoms with Gasteiger partial charge in [-0.2, -0.15) is 0 Å². The number of aromatic nitrogens is 4. The molecule has 0 fully saturated rings. The Morgan fingerprint density at radius 3 is 1.59 bits per heavy atom. The second-order valence-electron chi connectivity index (χ2n) is 11.2. The first kappa shape index (κ1) is 27.3. The number of nitrogens with zero attached hydrogens (tertiary/aromatic N) is 4. The molecule has 0 spiro atoms. The maximum Gasteiger partial charge on any atom is 0.160 e. The molecule has 4 heteroatoms. The van der Waals surface area contributed by atoms with Gasteiger partial charge in [0.25, 0.3) is 0 Å². The minimum absolute atomic E-state index is 0.686. The number of hydrogen-bond donors (Lipinski definition) is 0. The maximum atomic E-state index is 5.09. The van der Waals surface area contributed by atoms with E-state index in [0.29, 0.717) is 5.82 Å². The number of hydrogen-bond acceptors (Lipinski definition) is 4. The molecule has 0 amide bonds. The summed E-state index contributed by atoms with van der Waals surface area (Å²) in [6, 6.07) is 52.4. The number of benzene rings is 5. The van der Waals surface area contributed by atoms with Crippen molar-refractivity contribution in [1.82, 2.24) is 19.9 Å². The lowest BCUT2D eigenvalue weighted by molar-refractivity contribution is 1.18. The summed E-state index contributed by atoms with van der Waals surface area (Å²) in [6.45, 7) is 0. The Balaban J connectivity index is 1.19. The SMILES string of the molecule is c1ccc(-c2ccc(-c3nc(-c4ccc(-c5cccnc5)cc4)cc(-c4ccc(-c5cccc6cccnc56)cc4)n3)cc2)cc1. The van der Waals surface area contributed by atoms with Crippen LogP contribution in [0.2, 0.25) is 0 Å². The van der Waals surface area contributed by atoms with Crippen molar-refractivity contribution in [3.63, 3.8) is 0 Å². The summed E-state index contributed by atoms with van der Waals surface area (Å²) in [6.07, 6.45) is 5.52. The van der Waals surface area contributed by atoms with E-state index in [9.17, 15) is 0 Å². The molecular formula is C42H28N4. The Hall–Kier alpha value is -6.26. The maximum absolute atomic E-state index is 5.09. The zero-order valence-corrected chi connectivity index (χ0v) is 25.0. The monoisotopic (exact) mass is 588 g/mol. The van der Waals surface area contributed by atoms with Crippen LogP contribution in [-0.4, -0.2) is 19.9 Å². The summed E-state index contributed by atoms with van der Waals surface area (Å²) in [5.74, 6) is 0.686. The molecule has 5 aromatic carbocycles. The summed E-state index contributed by atoms with van der Waals surface area (Å²) >= 11 is 0. The van der Waals surface area contributed by atoms with Gasteiger partial charge in [-0.15, -0.1) is 0 Å².